The number of amides is 1. The molecule has 0 spiro atoms. The van der Waals surface area contributed by atoms with Gasteiger partial charge in [0.15, 0.2) is 18.5 Å². The molecule has 0 radical (unpaired) electrons. The minimum atomic E-state index is -1.93. The molecule has 4 aliphatic rings. The third kappa shape index (κ3) is 3.83. The number of hydrogen-bond acceptors (Lipinski definition) is 6. The van der Waals surface area contributed by atoms with Crippen LogP contribution in [0.1, 0.15) is 35.1 Å². The Labute approximate surface area is 208 Å². The number of hydrogen-bond donors (Lipinski definition) is 2. The second kappa shape index (κ2) is 8.72. The molecule has 8 nitrogen and oxygen atoms in total. The quantitative estimate of drug-likeness (QED) is 0.424. The van der Waals surface area contributed by atoms with Crippen molar-refractivity contribution >= 4 is 29.8 Å². The van der Waals surface area contributed by atoms with Gasteiger partial charge in [0.1, 0.15) is 12.8 Å². The molecule has 7 rings (SSSR count). The smallest absolute Gasteiger partial charge is 0.348 e. The summed E-state index contributed by atoms with van der Waals surface area (Å²) in [6.07, 6.45) is 6.60. The second-order valence-corrected chi connectivity index (χ2v) is 10.1. The van der Waals surface area contributed by atoms with E-state index in [1.807, 2.05) is 48.6 Å². The summed E-state index contributed by atoms with van der Waals surface area (Å²) in [4.78, 5) is 26.6. The van der Waals surface area contributed by atoms with E-state index >= 15 is 0 Å². The van der Waals surface area contributed by atoms with Crippen LogP contribution in [0, 0.1) is 5.92 Å². The normalized spacial score (nSPS) is 25.4. The predicted molar refractivity (Wildman–Crippen MR) is 132 cm³/mol. The SMILES string of the molecule is O=C(C[N+]12CCC(CC1)[C@@H](OC(=O)C1(O)c3ccccc3C=Cc3ccccc31)C2)Nc1ccon1. The highest BCUT2D eigenvalue weighted by Crippen LogP contribution is 2.41. The lowest BCUT2D eigenvalue weighted by molar-refractivity contribution is -0.939. The number of carbonyl (C=O) groups is 2. The number of rotatable bonds is 5. The van der Waals surface area contributed by atoms with Crippen molar-refractivity contribution in [2.24, 2.45) is 5.92 Å². The first-order valence-corrected chi connectivity index (χ1v) is 12.3. The van der Waals surface area contributed by atoms with Crippen LogP contribution in [0.3, 0.4) is 0 Å². The third-order valence-corrected chi connectivity index (χ3v) is 7.92. The Bertz CT molecular complexity index is 1270. The largest absolute Gasteiger partial charge is 0.453 e. The van der Waals surface area contributed by atoms with E-state index in [2.05, 4.69) is 10.5 Å². The minimum Gasteiger partial charge on any atom is -0.453 e. The Morgan fingerprint density at radius 3 is 2.28 bits per heavy atom. The Hall–Kier alpha value is -3.75. The van der Waals surface area contributed by atoms with Gasteiger partial charge in [0.2, 0.25) is 5.60 Å². The van der Waals surface area contributed by atoms with Gasteiger partial charge < -0.3 is 24.2 Å². The fourth-order valence-corrected chi connectivity index (χ4v) is 6.05. The van der Waals surface area contributed by atoms with E-state index in [-0.39, 0.29) is 24.5 Å². The number of piperidine rings is 3. The van der Waals surface area contributed by atoms with Gasteiger partial charge in [-0.1, -0.05) is 65.8 Å². The van der Waals surface area contributed by atoms with Gasteiger partial charge >= 0.3 is 5.97 Å². The van der Waals surface area contributed by atoms with Crippen LogP contribution in [0.5, 0.6) is 0 Å². The lowest BCUT2D eigenvalue weighted by atomic mass is 9.81. The Morgan fingerprint density at radius 2 is 1.67 bits per heavy atom. The molecule has 0 saturated carbocycles. The van der Waals surface area contributed by atoms with Crippen molar-refractivity contribution in [3.63, 3.8) is 0 Å². The highest BCUT2D eigenvalue weighted by molar-refractivity contribution is 5.92. The minimum absolute atomic E-state index is 0.148. The fourth-order valence-electron chi connectivity index (χ4n) is 6.05. The van der Waals surface area contributed by atoms with Crippen molar-refractivity contribution < 1.29 is 28.4 Å². The summed E-state index contributed by atoms with van der Waals surface area (Å²) in [6.45, 7) is 2.52. The molecule has 1 amide bonds. The molecule has 3 aromatic rings. The number of aromatic nitrogens is 1. The van der Waals surface area contributed by atoms with Crippen molar-refractivity contribution in [2.75, 3.05) is 31.5 Å². The van der Waals surface area contributed by atoms with Crippen molar-refractivity contribution in [1.29, 1.82) is 0 Å². The van der Waals surface area contributed by atoms with Crippen LogP contribution in [-0.4, -0.2) is 58.9 Å². The van der Waals surface area contributed by atoms with Crippen LogP contribution in [0.15, 0.2) is 65.4 Å². The van der Waals surface area contributed by atoms with Gasteiger partial charge in [-0.05, 0) is 11.1 Å². The number of fused-ring (bicyclic) bond motifs is 5. The van der Waals surface area contributed by atoms with Crippen LogP contribution in [0.25, 0.3) is 12.2 Å². The molecule has 1 atom stereocenters. The van der Waals surface area contributed by atoms with Crippen LogP contribution in [-0.2, 0) is 19.9 Å². The Balaban J connectivity index is 1.26. The topological polar surface area (TPSA) is 102 Å². The van der Waals surface area contributed by atoms with E-state index in [1.165, 1.54) is 6.26 Å². The van der Waals surface area contributed by atoms with E-state index in [0.29, 0.717) is 28.0 Å². The monoisotopic (exact) mass is 486 g/mol. The molecule has 2 N–H and O–H groups in total. The van der Waals surface area contributed by atoms with Gasteiger partial charge in [-0.3, -0.25) is 4.79 Å². The highest BCUT2D eigenvalue weighted by Gasteiger charge is 2.52. The Kier molecular flexibility index (Phi) is 5.50. The zero-order valence-electron chi connectivity index (χ0n) is 19.8. The standard InChI is InChI=1S/C28H27N3O5/c32-26(29-25-13-16-35-30-25)18-31-14-11-21(12-15-31)24(17-31)36-27(33)28(34)22-7-3-1-5-19(22)9-10-20-6-2-4-8-23(20)28/h1-10,13,16,21,24,34H,11-12,14-15,17-18H2/p+1/t21?,24-,31?/m0/s1. The molecule has 3 fully saturated rings. The van der Waals surface area contributed by atoms with Crippen molar-refractivity contribution in [1.82, 2.24) is 5.16 Å². The van der Waals surface area contributed by atoms with Gasteiger partial charge in [-0.15, -0.1) is 0 Å². The van der Waals surface area contributed by atoms with E-state index < -0.39 is 11.6 Å². The van der Waals surface area contributed by atoms with Gasteiger partial charge in [-0.2, -0.15) is 0 Å². The number of benzene rings is 2. The molecule has 8 heteroatoms. The summed E-state index contributed by atoms with van der Waals surface area (Å²) in [5.74, 6) is -0.221. The number of nitrogens with zero attached hydrogens (tertiary/aromatic N) is 2. The van der Waals surface area contributed by atoms with Crippen molar-refractivity contribution in [2.45, 2.75) is 24.5 Å². The molecule has 36 heavy (non-hydrogen) atoms. The predicted octanol–water partition coefficient (Wildman–Crippen LogP) is 3.19. The van der Waals surface area contributed by atoms with Gasteiger partial charge in [0.05, 0.1) is 13.1 Å². The molecule has 184 valence electrons. The maximum Gasteiger partial charge on any atom is 0.348 e. The number of anilines is 1. The number of aliphatic hydroxyl groups is 1. The highest BCUT2D eigenvalue weighted by atomic mass is 16.6. The first-order chi connectivity index (χ1) is 17.5. The Morgan fingerprint density at radius 1 is 1.03 bits per heavy atom. The third-order valence-electron chi connectivity index (χ3n) is 7.92. The number of esters is 1. The molecule has 1 aromatic heterocycles. The lowest BCUT2D eigenvalue weighted by Gasteiger charge is -2.51. The summed E-state index contributed by atoms with van der Waals surface area (Å²) < 4.78 is 11.5. The second-order valence-electron chi connectivity index (χ2n) is 10.1. The van der Waals surface area contributed by atoms with Crippen molar-refractivity contribution in [3.05, 3.63) is 83.1 Å². The number of quaternary nitrogens is 1. The summed E-state index contributed by atoms with van der Waals surface area (Å²) in [6, 6.07) is 16.3. The number of nitrogens with one attached hydrogen (secondary N) is 1. The molecule has 3 aliphatic heterocycles. The van der Waals surface area contributed by atoms with E-state index in [1.54, 1.807) is 18.2 Å². The maximum absolute atomic E-state index is 13.9. The van der Waals surface area contributed by atoms with Gasteiger partial charge in [0, 0.05) is 36.0 Å². The van der Waals surface area contributed by atoms with Crippen LogP contribution in [0.4, 0.5) is 5.82 Å². The lowest BCUT2D eigenvalue weighted by Crippen LogP contribution is -2.66. The number of ether oxygens (including phenoxy) is 1. The molecule has 1 aliphatic carbocycles. The number of carbonyl (C=O) groups excluding carboxylic acids is 2. The van der Waals surface area contributed by atoms with Crippen molar-refractivity contribution in [3.8, 4) is 0 Å². The average molecular weight is 487 g/mol. The molecular weight excluding hydrogens is 458 g/mol. The summed E-state index contributed by atoms with van der Waals surface area (Å²) in [7, 11) is 0. The molecule has 4 heterocycles. The summed E-state index contributed by atoms with van der Waals surface area (Å²) in [5.41, 5.74) is 0.629. The summed E-state index contributed by atoms with van der Waals surface area (Å²) in [5, 5.41) is 18.6. The van der Waals surface area contributed by atoms with Crippen LogP contribution < -0.4 is 5.32 Å². The molecule has 0 unspecified atom stereocenters. The van der Waals surface area contributed by atoms with E-state index in [9.17, 15) is 14.7 Å². The zero-order valence-corrected chi connectivity index (χ0v) is 19.8. The van der Waals surface area contributed by atoms with Gasteiger partial charge in [0.25, 0.3) is 5.91 Å². The molecule has 2 aromatic carbocycles. The average Bonchev–Trinajstić information content (AvgIpc) is 3.36. The van der Waals surface area contributed by atoms with E-state index in [0.717, 1.165) is 37.1 Å². The van der Waals surface area contributed by atoms with E-state index in [4.69, 9.17) is 9.26 Å². The maximum atomic E-state index is 13.9. The summed E-state index contributed by atoms with van der Waals surface area (Å²) >= 11 is 0. The van der Waals surface area contributed by atoms with Crippen LogP contribution in [0.2, 0.25) is 0 Å². The first kappa shape index (κ1) is 22.7. The van der Waals surface area contributed by atoms with Crippen LogP contribution >= 0.6 is 0 Å². The zero-order chi connectivity index (χ0) is 24.8. The van der Waals surface area contributed by atoms with Gasteiger partial charge in [-0.25, -0.2) is 4.79 Å². The fraction of sp³-hybridized carbons (Fsp3) is 0.321. The first-order valence-electron chi connectivity index (χ1n) is 12.3. The molecular formula is C28H28N3O5+. The molecule has 3 saturated heterocycles. The molecule has 2 bridgehead atoms.